The Morgan fingerprint density at radius 2 is 1.97 bits per heavy atom. The van der Waals surface area contributed by atoms with Crippen molar-refractivity contribution in [3.63, 3.8) is 0 Å². The fourth-order valence-electron chi connectivity index (χ4n) is 3.28. The maximum atomic E-state index is 15.1. The van der Waals surface area contributed by atoms with Gasteiger partial charge in [0.1, 0.15) is 30.0 Å². The van der Waals surface area contributed by atoms with Crippen molar-refractivity contribution in [2.75, 3.05) is 25.3 Å². The van der Waals surface area contributed by atoms with Crippen LogP contribution in [0, 0.1) is 12.7 Å². The van der Waals surface area contributed by atoms with E-state index in [2.05, 4.69) is 25.0 Å². The van der Waals surface area contributed by atoms with Crippen LogP contribution in [0.1, 0.15) is 36.8 Å². The largest absolute Gasteiger partial charge is 0.461 e. The van der Waals surface area contributed by atoms with Gasteiger partial charge in [0.25, 0.3) is 0 Å². The molecule has 0 saturated carbocycles. The average Bonchev–Trinajstić information content (AvgIpc) is 2.72. The highest BCUT2D eigenvalue weighted by Gasteiger charge is 2.45. The summed E-state index contributed by atoms with van der Waals surface area (Å²) >= 11 is 0. The van der Waals surface area contributed by atoms with Crippen LogP contribution >= 0.6 is 7.14 Å². The lowest BCUT2D eigenvalue weighted by Gasteiger charge is -2.21. The van der Waals surface area contributed by atoms with E-state index in [0.717, 1.165) is 6.07 Å². The molecule has 0 aliphatic rings. The van der Waals surface area contributed by atoms with Crippen LogP contribution < -0.4 is 10.8 Å². The summed E-state index contributed by atoms with van der Waals surface area (Å²) in [6.45, 7) is 7.52. The smallest absolute Gasteiger partial charge is 0.382 e. The van der Waals surface area contributed by atoms with Crippen molar-refractivity contribution >= 4 is 35.3 Å². The molecule has 0 saturated heterocycles. The van der Waals surface area contributed by atoms with E-state index in [1.54, 1.807) is 33.2 Å². The van der Waals surface area contributed by atoms with Gasteiger partial charge in [-0.05, 0) is 46.2 Å². The van der Waals surface area contributed by atoms with Crippen LogP contribution in [0.25, 0.3) is 10.9 Å². The van der Waals surface area contributed by atoms with E-state index < -0.39 is 36.5 Å². The number of halogens is 3. The molecule has 176 valence electrons. The molecule has 0 aliphatic heterocycles. The Morgan fingerprint density at radius 3 is 2.61 bits per heavy atom. The minimum absolute atomic E-state index is 0.0909. The van der Waals surface area contributed by atoms with E-state index in [0.29, 0.717) is 28.0 Å². The number of rotatable bonds is 7. The minimum Gasteiger partial charge on any atom is -0.461 e. The van der Waals surface area contributed by atoms with Crippen LogP contribution in [0.15, 0.2) is 30.5 Å². The molecule has 1 unspecified atom stereocenters. The highest BCUT2D eigenvalue weighted by atomic mass is 31.2. The Labute approximate surface area is 189 Å². The number of carbonyl (C=O) groups is 1. The van der Waals surface area contributed by atoms with E-state index in [-0.39, 0.29) is 12.2 Å². The number of alkyl halides is 2. The quantitative estimate of drug-likeness (QED) is 0.392. The summed E-state index contributed by atoms with van der Waals surface area (Å²) in [6, 6.07) is 4.23. The number of ether oxygens (including phenoxy) is 1. The third-order valence-electron chi connectivity index (χ3n) is 4.95. The number of nitrogens with zero attached hydrogens (tertiary/aromatic N) is 3. The second-order valence-electron chi connectivity index (χ2n) is 7.90. The molecule has 2 aromatic heterocycles. The molecule has 0 spiro atoms. The molecule has 0 aliphatic carbocycles. The summed E-state index contributed by atoms with van der Waals surface area (Å²) in [7, 11) is -2.68. The third kappa shape index (κ3) is 5.00. The first kappa shape index (κ1) is 24.6. The van der Waals surface area contributed by atoms with E-state index in [4.69, 9.17) is 0 Å². The van der Waals surface area contributed by atoms with Crippen LogP contribution in [0.5, 0.6) is 0 Å². The zero-order valence-corrected chi connectivity index (χ0v) is 19.7. The van der Waals surface area contributed by atoms with Gasteiger partial charge < -0.3 is 14.6 Å². The maximum absolute atomic E-state index is 15.1. The topological polar surface area (TPSA) is 94.1 Å². The number of fused-ring (bicyclic) bond motifs is 1. The molecule has 1 aromatic carbocycles. The van der Waals surface area contributed by atoms with Crippen LogP contribution in [0.2, 0.25) is 0 Å². The normalized spacial score (nSPS) is 13.1. The number of benzene rings is 1. The fraction of sp³-hybridized carbons (Fsp3) is 0.364. The van der Waals surface area contributed by atoms with Crippen molar-refractivity contribution in [3.05, 3.63) is 53.2 Å². The van der Waals surface area contributed by atoms with Gasteiger partial charge in [-0.1, -0.05) is 12.1 Å². The van der Waals surface area contributed by atoms with Crippen molar-refractivity contribution in [1.82, 2.24) is 15.0 Å². The van der Waals surface area contributed by atoms with Crippen LogP contribution in [0.4, 0.5) is 19.0 Å². The summed E-state index contributed by atoms with van der Waals surface area (Å²) < 4.78 is 61.0. The Kier molecular flexibility index (Phi) is 6.79. The lowest BCUT2D eigenvalue weighted by atomic mass is 10.00. The highest BCUT2D eigenvalue weighted by molar-refractivity contribution is 7.69. The number of pyridine rings is 1. The van der Waals surface area contributed by atoms with Crippen molar-refractivity contribution in [2.24, 2.45) is 0 Å². The van der Waals surface area contributed by atoms with Gasteiger partial charge in [0.15, 0.2) is 0 Å². The van der Waals surface area contributed by atoms with E-state index in [1.165, 1.54) is 25.3 Å². The first-order valence-electron chi connectivity index (χ1n) is 10.2. The molecule has 0 fully saturated rings. The molecule has 1 N–H and O–H groups in total. The molecule has 33 heavy (non-hydrogen) atoms. The van der Waals surface area contributed by atoms with E-state index >= 15 is 4.39 Å². The molecule has 3 rings (SSSR count). The summed E-state index contributed by atoms with van der Waals surface area (Å²) in [5, 5.41) is 3.53. The molecule has 0 bridgehead atoms. The van der Waals surface area contributed by atoms with Gasteiger partial charge in [-0.25, -0.2) is 19.2 Å². The van der Waals surface area contributed by atoms with Crippen LogP contribution in [-0.4, -0.2) is 40.9 Å². The number of esters is 1. The summed E-state index contributed by atoms with van der Waals surface area (Å²) in [4.78, 5) is 24.6. The average molecular weight is 480 g/mol. The molecule has 2 heterocycles. The van der Waals surface area contributed by atoms with Crippen molar-refractivity contribution < 1.29 is 27.3 Å². The lowest BCUT2D eigenvalue weighted by molar-refractivity contribution is -0.173. The molecular formula is C22H24F3N4O3P. The number of aryl methyl sites for hydroxylation is 1. The van der Waals surface area contributed by atoms with Crippen LogP contribution in [0.3, 0.4) is 0 Å². The fourth-order valence-corrected chi connectivity index (χ4v) is 4.06. The number of hydrogen-bond donors (Lipinski definition) is 1. The number of carbonyl (C=O) groups excluding carboxylic acids is 1. The second-order valence-corrected chi connectivity index (χ2v) is 11.1. The molecule has 7 nitrogen and oxygen atoms in total. The molecular weight excluding hydrogens is 456 g/mol. The second kappa shape index (κ2) is 9.09. The molecule has 0 radical (unpaired) electrons. The van der Waals surface area contributed by atoms with Gasteiger partial charge in [-0.3, -0.25) is 4.98 Å². The summed E-state index contributed by atoms with van der Waals surface area (Å²) in [6.07, 6.45) is 1.48. The summed E-state index contributed by atoms with van der Waals surface area (Å²) in [5.41, 5.74) is -0.301. The minimum atomic E-state index is -4.14. The SMILES string of the molecule is CCOC(=O)C(F)(F)c1cccc(C(C)Nc2nc(C)nc3cnc(P(C)(C)=O)cc23)c1F. The Bertz CT molecular complexity index is 1260. The maximum Gasteiger partial charge on any atom is 0.382 e. The van der Waals surface area contributed by atoms with Gasteiger partial charge in [0.2, 0.25) is 0 Å². The van der Waals surface area contributed by atoms with Gasteiger partial charge in [0, 0.05) is 10.9 Å². The van der Waals surface area contributed by atoms with Gasteiger partial charge in [0.05, 0.1) is 29.9 Å². The Balaban J connectivity index is 2.04. The van der Waals surface area contributed by atoms with Crippen LogP contribution in [-0.2, 0) is 20.0 Å². The summed E-state index contributed by atoms with van der Waals surface area (Å²) in [5.74, 6) is -6.46. The number of hydrogen-bond acceptors (Lipinski definition) is 7. The van der Waals surface area contributed by atoms with Gasteiger partial charge in [-0.2, -0.15) is 8.78 Å². The van der Waals surface area contributed by atoms with Gasteiger partial charge >= 0.3 is 11.9 Å². The van der Waals surface area contributed by atoms with E-state index in [1.807, 2.05) is 0 Å². The Morgan fingerprint density at radius 1 is 1.27 bits per heavy atom. The highest BCUT2D eigenvalue weighted by Crippen LogP contribution is 2.37. The monoisotopic (exact) mass is 480 g/mol. The van der Waals surface area contributed by atoms with Crippen molar-refractivity contribution in [3.8, 4) is 0 Å². The number of nitrogens with one attached hydrogen (secondary N) is 1. The van der Waals surface area contributed by atoms with Crippen molar-refractivity contribution in [2.45, 2.75) is 32.7 Å². The first-order chi connectivity index (χ1) is 15.4. The standard InChI is InChI=1S/C22H24F3N4O3P/c1-6-32-21(30)22(24,25)16-9-7-8-14(19(16)23)12(2)27-20-15-10-18(33(4,5)31)26-11-17(15)28-13(3)29-20/h7-12H,6H2,1-5H3,(H,27,28,29). The molecule has 11 heteroatoms. The van der Waals surface area contributed by atoms with E-state index in [9.17, 15) is 18.1 Å². The molecule has 1 atom stereocenters. The zero-order chi connectivity index (χ0) is 24.6. The molecule has 0 amide bonds. The first-order valence-corrected chi connectivity index (χ1v) is 12.8. The van der Waals surface area contributed by atoms with Crippen molar-refractivity contribution in [1.29, 1.82) is 0 Å². The predicted molar refractivity (Wildman–Crippen MR) is 120 cm³/mol. The predicted octanol–water partition coefficient (Wildman–Crippen LogP) is 4.55. The van der Waals surface area contributed by atoms with Gasteiger partial charge in [-0.15, -0.1) is 0 Å². The number of aromatic nitrogens is 3. The number of anilines is 1. The Hall–Kier alpha value is -3.00. The molecule has 3 aromatic rings. The lowest BCUT2D eigenvalue weighted by Crippen LogP contribution is -2.30. The third-order valence-corrected chi connectivity index (χ3v) is 6.30. The zero-order valence-electron chi connectivity index (χ0n) is 18.8.